The van der Waals surface area contributed by atoms with Gasteiger partial charge in [-0.15, -0.1) is 0 Å². The molecule has 0 saturated carbocycles. The third kappa shape index (κ3) is 5.17. The summed E-state index contributed by atoms with van der Waals surface area (Å²) in [5.74, 6) is 2.00. The molecule has 4 rings (SSSR count). The van der Waals surface area contributed by atoms with E-state index in [-0.39, 0.29) is 12.0 Å². The standard InChI is InChI=1S/C23H34N4O2/c1-2-27-21-8-4-3-7-20(21)25-22(27)17-26-13-11-18(12-14-26)9-10-23(28)24-16-19-6-5-15-29-19/h3-4,7-8,18-19H,2,5-6,9-17H2,1H3,(H,24,28)/t19-/m0/s1. The molecule has 2 saturated heterocycles. The summed E-state index contributed by atoms with van der Waals surface area (Å²) in [4.78, 5) is 19.5. The predicted molar refractivity (Wildman–Crippen MR) is 115 cm³/mol. The average Bonchev–Trinajstić information content (AvgIpc) is 3.39. The molecule has 1 aromatic heterocycles. The summed E-state index contributed by atoms with van der Waals surface area (Å²) in [7, 11) is 0. The van der Waals surface area contributed by atoms with Gasteiger partial charge in [0.05, 0.1) is 23.7 Å². The minimum Gasteiger partial charge on any atom is -0.376 e. The highest BCUT2D eigenvalue weighted by Crippen LogP contribution is 2.24. The van der Waals surface area contributed by atoms with E-state index in [4.69, 9.17) is 9.72 Å². The number of hydrogen-bond acceptors (Lipinski definition) is 4. The molecule has 158 valence electrons. The summed E-state index contributed by atoms with van der Waals surface area (Å²) in [5, 5.41) is 3.05. The lowest BCUT2D eigenvalue weighted by atomic mass is 9.92. The number of carbonyl (C=O) groups is 1. The maximum atomic E-state index is 12.1. The summed E-state index contributed by atoms with van der Waals surface area (Å²) in [6.07, 6.45) is 6.41. The highest BCUT2D eigenvalue weighted by molar-refractivity contribution is 5.76. The van der Waals surface area contributed by atoms with Crippen LogP contribution in [0.3, 0.4) is 0 Å². The predicted octanol–water partition coefficient (Wildman–Crippen LogP) is 3.34. The number of imidazole rings is 1. The second kappa shape index (κ2) is 9.72. The topological polar surface area (TPSA) is 59.4 Å². The zero-order chi connectivity index (χ0) is 20.1. The Hall–Kier alpha value is -1.92. The molecular weight excluding hydrogens is 364 g/mol. The van der Waals surface area contributed by atoms with Crippen molar-refractivity contribution >= 4 is 16.9 Å². The lowest BCUT2D eigenvalue weighted by Gasteiger charge is -2.31. The molecule has 0 unspecified atom stereocenters. The summed E-state index contributed by atoms with van der Waals surface area (Å²) in [6, 6.07) is 8.40. The molecular formula is C23H34N4O2. The minimum atomic E-state index is 0.180. The Morgan fingerprint density at radius 3 is 2.83 bits per heavy atom. The Morgan fingerprint density at radius 2 is 2.07 bits per heavy atom. The van der Waals surface area contributed by atoms with E-state index in [0.29, 0.717) is 18.9 Å². The monoisotopic (exact) mass is 398 g/mol. The minimum absolute atomic E-state index is 0.180. The van der Waals surface area contributed by atoms with Crippen molar-refractivity contribution in [3.05, 3.63) is 30.1 Å². The van der Waals surface area contributed by atoms with Crippen molar-refractivity contribution in [2.45, 2.75) is 64.6 Å². The first-order chi connectivity index (χ1) is 14.2. The quantitative estimate of drug-likeness (QED) is 0.741. The van der Waals surface area contributed by atoms with Gasteiger partial charge in [-0.1, -0.05) is 12.1 Å². The highest BCUT2D eigenvalue weighted by Gasteiger charge is 2.22. The number of hydrogen-bond donors (Lipinski definition) is 1. The van der Waals surface area contributed by atoms with Gasteiger partial charge in [-0.25, -0.2) is 4.98 Å². The van der Waals surface area contributed by atoms with Crippen molar-refractivity contribution in [2.75, 3.05) is 26.2 Å². The van der Waals surface area contributed by atoms with Crippen molar-refractivity contribution < 1.29 is 9.53 Å². The van der Waals surface area contributed by atoms with Crippen LogP contribution in [0.15, 0.2) is 24.3 Å². The first-order valence-electron chi connectivity index (χ1n) is 11.3. The van der Waals surface area contributed by atoms with E-state index >= 15 is 0 Å². The number of rotatable bonds is 8. The van der Waals surface area contributed by atoms with Crippen LogP contribution in [0.1, 0.15) is 51.3 Å². The Balaban J connectivity index is 1.20. The van der Waals surface area contributed by atoms with Crippen LogP contribution in [0.25, 0.3) is 11.0 Å². The molecule has 0 aliphatic carbocycles. The molecule has 0 spiro atoms. The average molecular weight is 399 g/mol. The molecule has 1 N–H and O–H groups in total. The van der Waals surface area contributed by atoms with E-state index < -0.39 is 0 Å². The maximum Gasteiger partial charge on any atom is 0.220 e. The van der Waals surface area contributed by atoms with Gasteiger partial charge >= 0.3 is 0 Å². The zero-order valence-corrected chi connectivity index (χ0v) is 17.6. The number of nitrogens with one attached hydrogen (secondary N) is 1. The van der Waals surface area contributed by atoms with Crippen molar-refractivity contribution in [1.82, 2.24) is 19.8 Å². The zero-order valence-electron chi connectivity index (χ0n) is 17.6. The normalized spacial score (nSPS) is 21.1. The van der Waals surface area contributed by atoms with Gasteiger partial charge in [0.15, 0.2) is 0 Å². The van der Waals surface area contributed by atoms with E-state index in [2.05, 4.69) is 46.0 Å². The number of para-hydroxylation sites is 2. The first kappa shape index (κ1) is 20.4. The van der Waals surface area contributed by atoms with Crippen molar-refractivity contribution in [3.8, 4) is 0 Å². The Morgan fingerprint density at radius 1 is 1.24 bits per heavy atom. The molecule has 0 bridgehead atoms. The van der Waals surface area contributed by atoms with Crippen LogP contribution in [0.5, 0.6) is 0 Å². The number of benzene rings is 1. The maximum absolute atomic E-state index is 12.1. The van der Waals surface area contributed by atoms with Gasteiger partial charge < -0.3 is 14.6 Å². The highest BCUT2D eigenvalue weighted by atomic mass is 16.5. The Bertz CT molecular complexity index is 804. The van der Waals surface area contributed by atoms with Gasteiger partial charge in [-0.2, -0.15) is 0 Å². The molecule has 3 heterocycles. The molecule has 2 aromatic rings. The van der Waals surface area contributed by atoms with E-state index in [1.165, 1.54) is 24.2 Å². The number of amides is 1. The smallest absolute Gasteiger partial charge is 0.220 e. The van der Waals surface area contributed by atoms with Gasteiger partial charge in [-0.05, 0) is 70.2 Å². The summed E-state index contributed by atoms with van der Waals surface area (Å²) < 4.78 is 7.90. The lowest BCUT2D eigenvalue weighted by Crippen LogP contribution is -2.35. The fourth-order valence-electron chi connectivity index (χ4n) is 4.69. The molecule has 2 aliphatic heterocycles. The molecule has 1 aromatic carbocycles. The summed E-state index contributed by atoms with van der Waals surface area (Å²) >= 11 is 0. The van der Waals surface area contributed by atoms with Gasteiger partial charge in [0, 0.05) is 26.1 Å². The van der Waals surface area contributed by atoms with E-state index in [1.807, 2.05) is 0 Å². The Kier molecular flexibility index (Phi) is 6.82. The number of aromatic nitrogens is 2. The van der Waals surface area contributed by atoms with Gasteiger partial charge in [0.25, 0.3) is 0 Å². The molecule has 2 aliphatic rings. The number of fused-ring (bicyclic) bond motifs is 1. The largest absolute Gasteiger partial charge is 0.376 e. The second-order valence-corrected chi connectivity index (χ2v) is 8.46. The number of nitrogens with zero attached hydrogens (tertiary/aromatic N) is 3. The van der Waals surface area contributed by atoms with Crippen LogP contribution in [-0.2, 0) is 22.6 Å². The number of piperidine rings is 1. The van der Waals surface area contributed by atoms with E-state index in [0.717, 1.165) is 57.6 Å². The molecule has 1 atom stereocenters. The fraction of sp³-hybridized carbons (Fsp3) is 0.652. The van der Waals surface area contributed by atoms with Crippen molar-refractivity contribution in [2.24, 2.45) is 5.92 Å². The molecule has 6 heteroatoms. The van der Waals surface area contributed by atoms with Crippen molar-refractivity contribution in [1.29, 1.82) is 0 Å². The van der Waals surface area contributed by atoms with Crippen LogP contribution >= 0.6 is 0 Å². The summed E-state index contributed by atoms with van der Waals surface area (Å²) in [5.41, 5.74) is 2.32. The summed E-state index contributed by atoms with van der Waals surface area (Å²) in [6.45, 7) is 7.76. The van der Waals surface area contributed by atoms with Gasteiger partial charge in [-0.3, -0.25) is 9.69 Å². The van der Waals surface area contributed by atoms with Crippen LogP contribution in [0, 0.1) is 5.92 Å². The molecule has 1 amide bonds. The fourth-order valence-corrected chi connectivity index (χ4v) is 4.69. The number of likely N-dealkylation sites (tertiary alicyclic amines) is 1. The number of aryl methyl sites for hydroxylation is 1. The van der Waals surface area contributed by atoms with Gasteiger partial charge in [0.2, 0.25) is 5.91 Å². The van der Waals surface area contributed by atoms with Crippen molar-refractivity contribution in [3.63, 3.8) is 0 Å². The Labute approximate surface area is 173 Å². The number of ether oxygens (including phenoxy) is 1. The first-order valence-corrected chi connectivity index (χ1v) is 11.3. The van der Waals surface area contributed by atoms with E-state index in [1.54, 1.807) is 0 Å². The SMILES string of the molecule is CCn1c(CN2CCC(CCC(=O)NC[C@@H]3CCCO3)CC2)nc2ccccc21. The third-order valence-corrected chi connectivity index (χ3v) is 6.45. The van der Waals surface area contributed by atoms with Crippen LogP contribution in [0.2, 0.25) is 0 Å². The van der Waals surface area contributed by atoms with Crippen LogP contribution < -0.4 is 5.32 Å². The molecule has 6 nitrogen and oxygen atoms in total. The molecule has 0 radical (unpaired) electrons. The lowest BCUT2D eigenvalue weighted by molar-refractivity contribution is -0.122. The van der Waals surface area contributed by atoms with Crippen LogP contribution in [0.4, 0.5) is 0 Å². The van der Waals surface area contributed by atoms with E-state index in [9.17, 15) is 4.79 Å². The van der Waals surface area contributed by atoms with Gasteiger partial charge in [0.1, 0.15) is 5.82 Å². The molecule has 2 fully saturated rings. The third-order valence-electron chi connectivity index (χ3n) is 6.45. The second-order valence-electron chi connectivity index (χ2n) is 8.46. The number of carbonyl (C=O) groups excluding carboxylic acids is 1. The molecule has 29 heavy (non-hydrogen) atoms. The van der Waals surface area contributed by atoms with Crippen LogP contribution in [-0.4, -0.2) is 52.7 Å².